The quantitative estimate of drug-likeness (QED) is 0.140. The molecular formula is C66H45N. The van der Waals surface area contributed by atoms with Gasteiger partial charge in [0.1, 0.15) is 0 Å². The van der Waals surface area contributed by atoms with E-state index < -0.39 is 0 Å². The van der Waals surface area contributed by atoms with Crippen molar-refractivity contribution in [2.24, 2.45) is 0 Å². The van der Waals surface area contributed by atoms with E-state index in [0.717, 1.165) is 71.8 Å². The van der Waals surface area contributed by atoms with Crippen molar-refractivity contribution >= 4 is 49.4 Å². The monoisotopic (exact) mass is 855 g/mol. The molecule has 314 valence electrons. The fourth-order valence-electron chi connectivity index (χ4n) is 9.44. The highest BCUT2D eigenvalue weighted by atomic mass is 15.1. The number of hydrogen-bond donors (Lipinski definition) is 0. The summed E-state index contributed by atoms with van der Waals surface area (Å²) < 4.78 is 38.5. The molecule has 0 amide bonds. The summed E-state index contributed by atoms with van der Waals surface area (Å²) in [6, 6.07) is 85.1. The Labute approximate surface area is 397 Å². The summed E-state index contributed by atoms with van der Waals surface area (Å²) in [6.45, 7) is 0. The van der Waals surface area contributed by atoms with Crippen molar-refractivity contribution in [1.29, 1.82) is 0 Å². The lowest BCUT2D eigenvalue weighted by Gasteiger charge is -2.26. The average Bonchev–Trinajstić information content (AvgIpc) is 3.44. The first kappa shape index (κ1) is 35.6. The van der Waals surface area contributed by atoms with Crippen LogP contribution in [0, 0.1) is 0 Å². The lowest BCUT2D eigenvalue weighted by atomic mass is 9.89. The van der Waals surface area contributed by atoms with Gasteiger partial charge in [0.05, 0.1) is 5.48 Å². The van der Waals surface area contributed by atoms with Crippen molar-refractivity contribution in [3.8, 4) is 66.8 Å². The van der Waals surface area contributed by atoms with E-state index in [2.05, 4.69) is 182 Å². The standard InChI is InChI=1S/C66H45N/c1-2-13-52(14-3-1)65-42-35-53-15-8-9-20-64(53)66(65)54-33-40-63(41-34-54)67(61-36-29-49(30-37-61)48-21-23-50(24-22-48)59-27-25-46-11-4-6-16-55(46)44-59)62-38-31-51(32-39-62)57-18-10-19-58(43-57)60-28-26-47-12-5-7-17-56(47)45-60/h1-45H/i29D,30D,36D,37D. The zero-order valence-corrected chi connectivity index (χ0v) is 36.6. The van der Waals surface area contributed by atoms with E-state index in [1.54, 1.807) is 0 Å². The van der Waals surface area contributed by atoms with Crippen molar-refractivity contribution < 1.29 is 5.48 Å². The van der Waals surface area contributed by atoms with Gasteiger partial charge in [-0.25, -0.2) is 0 Å². The fourth-order valence-corrected chi connectivity index (χ4v) is 9.44. The van der Waals surface area contributed by atoms with Gasteiger partial charge >= 0.3 is 0 Å². The predicted molar refractivity (Wildman–Crippen MR) is 286 cm³/mol. The molecule has 0 atom stereocenters. The van der Waals surface area contributed by atoms with Gasteiger partial charge in [-0.3, -0.25) is 0 Å². The first-order valence-corrected chi connectivity index (χ1v) is 22.7. The Bertz CT molecular complexity index is 3930. The number of anilines is 3. The Morgan fingerprint density at radius 3 is 1.27 bits per heavy atom. The van der Waals surface area contributed by atoms with Crippen LogP contribution in [-0.2, 0) is 0 Å². The SMILES string of the molecule is [2H]c1c([2H])c(N(c2ccc(-c3cccc(-c4ccc5ccccc5c4)c3)cc2)c2ccc(-c3c(-c4ccccc4)ccc4ccccc34)cc2)c([2H])c([2H])c1-c1ccc(-c2ccc3ccccc3c2)cc1. The molecule has 0 radical (unpaired) electrons. The Balaban J connectivity index is 0.958. The van der Waals surface area contributed by atoms with E-state index in [1.165, 1.54) is 16.2 Å². The molecule has 67 heavy (non-hydrogen) atoms. The van der Waals surface area contributed by atoms with Gasteiger partial charge in [-0.15, -0.1) is 0 Å². The maximum atomic E-state index is 9.70. The largest absolute Gasteiger partial charge is 0.311 e. The van der Waals surface area contributed by atoms with E-state index in [0.29, 0.717) is 16.9 Å². The summed E-state index contributed by atoms with van der Waals surface area (Å²) in [5.41, 5.74) is 13.2. The number of fused-ring (bicyclic) bond motifs is 3. The summed E-state index contributed by atoms with van der Waals surface area (Å²) in [4.78, 5) is 1.87. The lowest BCUT2D eigenvalue weighted by Crippen LogP contribution is -2.09. The molecule has 0 unspecified atom stereocenters. The van der Waals surface area contributed by atoms with Gasteiger partial charge in [0.25, 0.3) is 0 Å². The molecular weight excluding hydrogens is 807 g/mol. The van der Waals surface area contributed by atoms with Crippen LogP contribution in [0.25, 0.3) is 99.1 Å². The molecule has 1 heteroatoms. The normalized spacial score (nSPS) is 12.1. The molecule has 0 fully saturated rings. The summed E-state index contributed by atoms with van der Waals surface area (Å²) in [7, 11) is 0. The molecule has 12 aromatic carbocycles. The van der Waals surface area contributed by atoms with Crippen LogP contribution < -0.4 is 4.90 Å². The van der Waals surface area contributed by atoms with E-state index in [4.69, 9.17) is 0 Å². The van der Waals surface area contributed by atoms with Crippen LogP contribution in [0.4, 0.5) is 17.1 Å². The number of hydrogen-bond acceptors (Lipinski definition) is 1. The zero-order chi connectivity index (χ0) is 48.0. The van der Waals surface area contributed by atoms with Crippen LogP contribution in [-0.4, -0.2) is 0 Å². The van der Waals surface area contributed by atoms with Gasteiger partial charge in [-0.05, 0) is 154 Å². The second kappa shape index (κ2) is 17.3. The van der Waals surface area contributed by atoms with Crippen molar-refractivity contribution in [2.45, 2.75) is 0 Å². The van der Waals surface area contributed by atoms with E-state index >= 15 is 0 Å². The maximum Gasteiger partial charge on any atom is 0.0645 e. The van der Waals surface area contributed by atoms with Crippen molar-refractivity contribution in [1.82, 2.24) is 0 Å². The fraction of sp³-hybridized carbons (Fsp3) is 0. The second-order valence-corrected chi connectivity index (χ2v) is 17.0. The lowest BCUT2D eigenvalue weighted by molar-refractivity contribution is 1.28. The van der Waals surface area contributed by atoms with Crippen molar-refractivity contribution in [2.75, 3.05) is 4.90 Å². The molecule has 0 aromatic heterocycles. The van der Waals surface area contributed by atoms with Gasteiger partial charge in [0, 0.05) is 17.1 Å². The minimum atomic E-state index is -0.128. The molecule has 0 heterocycles. The topological polar surface area (TPSA) is 3.24 Å². The van der Waals surface area contributed by atoms with Gasteiger partial charge in [0.15, 0.2) is 0 Å². The Morgan fingerprint density at radius 2 is 0.657 bits per heavy atom. The smallest absolute Gasteiger partial charge is 0.0645 e. The molecule has 0 saturated carbocycles. The average molecular weight is 856 g/mol. The highest BCUT2D eigenvalue weighted by Gasteiger charge is 2.17. The highest BCUT2D eigenvalue weighted by Crippen LogP contribution is 2.42. The van der Waals surface area contributed by atoms with Crippen molar-refractivity contribution in [3.05, 3.63) is 273 Å². The second-order valence-electron chi connectivity index (χ2n) is 17.0. The molecule has 0 N–H and O–H groups in total. The van der Waals surface area contributed by atoms with Gasteiger partial charge in [-0.2, -0.15) is 0 Å². The minimum Gasteiger partial charge on any atom is -0.311 e. The number of benzene rings is 12. The summed E-state index contributed by atoms with van der Waals surface area (Å²) >= 11 is 0. The van der Waals surface area contributed by atoms with Crippen LogP contribution >= 0.6 is 0 Å². The predicted octanol–water partition coefficient (Wildman–Crippen LogP) is 18.6. The van der Waals surface area contributed by atoms with Gasteiger partial charge in [-0.1, -0.05) is 218 Å². The Morgan fingerprint density at radius 1 is 0.239 bits per heavy atom. The number of nitrogens with zero attached hydrogens (tertiary/aromatic N) is 1. The van der Waals surface area contributed by atoms with E-state index in [9.17, 15) is 5.48 Å². The maximum absolute atomic E-state index is 9.70. The number of rotatable bonds is 9. The third kappa shape index (κ3) is 7.84. The third-order valence-corrected chi connectivity index (χ3v) is 12.9. The van der Waals surface area contributed by atoms with Crippen LogP contribution in [0.5, 0.6) is 0 Å². The third-order valence-electron chi connectivity index (χ3n) is 12.9. The molecule has 12 rings (SSSR count). The first-order chi connectivity index (χ1) is 34.9. The molecule has 0 aliphatic carbocycles. The molecule has 0 aliphatic rings. The summed E-state index contributed by atoms with van der Waals surface area (Å²) in [5, 5.41) is 6.99. The zero-order valence-electron chi connectivity index (χ0n) is 40.6. The van der Waals surface area contributed by atoms with Crippen LogP contribution in [0.15, 0.2) is 273 Å². The van der Waals surface area contributed by atoms with Crippen LogP contribution in [0.1, 0.15) is 5.48 Å². The van der Waals surface area contributed by atoms with Crippen LogP contribution in [0.2, 0.25) is 0 Å². The van der Waals surface area contributed by atoms with E-state index in [1.807, 2.05) is 71.6 Å². The molecule has 0 saturated heterocycles. The summed E-state index contributed by atoms with van der Waals surface area (Å²) in [5.74, 6) is 0. The molecule has 12 aromatic rings. The molecule has 0 spiro atoms. The molecule has 0 bridgehead atoms. The highest BCUT2D eigenvalue weighted by molar-refractivity contribution is 6.04. The summed E-state index contributed by atoms with van der Waals surface area (Å²) in [6.07, 6.45) is 0. The molecule has 1 nitrogen and oxygen atoms in total. The van der Waals surface area contributed by atoms with Crippen molar-refractivity contribution in [3.63, 3.8) is 0 Å². The Kier molecular flexibility index (Phi) is 9.19. The van der Waals surface area contributed by atoms with E-state index in [-0.39, 0.29) is 35.4 Å². The van der Waals surface area contributed by atoms with Crippen LogP contribution in [0.3, 0.4) is 0 Å². The Hall–Kier alpha value is -8.78. The van der Waals surface area contributed by atoms with Gasteiger partial charge < -0.3 is 4.90 Å². The molecule has 0 aliphatic heterocycles. The minimum absolute atomic E-state index is 0.105. The first-order valence-electron chi connectivity index (χ1n) is 24.7. The van der Waals surface area contributed by atoms with Gasteiger partial charge in [0.2, 0.25) is 0 Å².